The summed E-state index contributed by atoms with van der Waals surface area (Å²) >= 11 is 7.23. The first kappa shape index (κ1) is 19.7. The number of halogens is 1. The van der Waals surface area contributed by atoms with Crippen LogP contribution in [0.5, 0.6) is 5.88 Å². The van der Waals surface area contributed by atoms with Gasteiger partial charge in [-0.3, -0.25) is 4.79 Å². The van der Waals surface area contributed by atoms with Crippen molar-refractivity contribution in [2.24, 2.45) is 0 Å². The summed E-state index contributed by atoms with van der Waals surface area (Å²) in [5, 5.41) is 3.06. The quantitative estimate of drug-likeness (QED) is 0.471. The summed E-state index contributed by atoms with van der Waals surface area (Å²) in [4.78, 5) is 47.0. The van der Waals surface area contributed by atoms with E-state index in [4.69, 9.17) is 16.3 Å². The highest BCUT2D eigenvalue weighted by Gasteiger charge is 2.17. The minimum atomic E-state index is -0.810. The Morgan fingerprint density at radius 2 is 2.14 bits per heavy atom. The van der Waals surface area contributed by atoms with Gasteiger partial charge in [-0.2, -0.15) is 4.98 Å². The maximum absolute atomic E-state index is 12.2. The Balaban J connectivity index is 1.76. The fourth-order valence-corrected chi connectivity index (χ4v) is 2.59. The Hall–Kier alpha value is -3.05. The maximum Gasteiger partial charge on any atom is 0.414 e. The van der Waals surface area contributed by atoms with E-state index in [0.29, 0.717) is 16.5 Å². The van der Waals surface area contributed by atoms with Gasteiger partial charge in [0.25, 0.3) is 5.56 Å². The number of carbonyl (C=O) groups excluding carboxylic acids is 1. The van der Waals surface area contributed by atoms with Crippen LogP contribution >= 0.6 is 23.4 Å². The fourth-order valence-electron chi connectivity index (χ4n) is 2.12. The highest BCUT2D eigenvalue weighted by Crippen LogP contribution is 2.23. The minimum absolute atomic E-state index is 0.0677. The number of thioether (sulfide) groups is 1. The lowest BCUT2D eigenvalue weighted by molar-refractivity contribution is 0.194. The van der Waals surface area contributed by atoms with Gasteiger partial charge < -0.3 is 15.0 Å². The number of hydrogen-bond donors (Lipinski definition) is 2. The van der Waals surface area contributed by atoms with Gasteiger partial charge in [-0.1, -0.05) is 23.4 Å². The average Bonchev–Trinajstić information content (AvgIpc) is 2.69. The first-order valence-corrected chi connectivity index (χ1v) is 9.49. The molecule has 1 atom stereocenters. The van der Waals surface area contributed by atoms with Crippen molar-refractivity contribution in [1.29, 1.82) is 0 Å². The van der Waals surface area contributed by atoms with Gasteiger partial charge in [-0.15, -0.1) is 0 Å². The first-order valence-electron chi connectivity index (χ1n) is 7.89. The van der Waals surface area contributed by atoms with Crippen molar-refractivity contribution in [3.05, 3.63) is 52.1 Å². The summed E-state index contributed by atoms with van der Waals surface area (Å²) in [7, 11) is 0. The molecular weight excluding hydrogens is 406 g/mol. The van der Waals surface area contributed by atoms with Gasteiger partial charge in [0.1, 0.15) is 17.2 Å². The van der Waals surface area contributed by atoms with Crippen molar-refractivity contribution in [2.75, 3.05) is 6.26 Å². The lowest BCUT2D eigenvalue weighted by Crippen LogP contribution is -2.32. The number of nitrogens with one attached hydrogen (secondary N) is 2. The SMILES string of the molecule is CSc1ncc(Cl)c(OC(=O)NC(C)c2nc(-c3ccncn3)cc(=O)[nH]2)n1. The molecule has 10 nitrogen and oxygen atoms in total. The van der Waals surface area contributed by atoms with Crippen LogP contribution in [0.15, 0.2) is 40.8 Å². The van der Waals surface area contributed by atoms with Gasteiger partial charge >= 0.3 is 6.09 Å². The molecule has 0 saturated carbocycles. The van der Waals surface area contributed by atoms with Crippen LogP contribution in [0.4, 0.5) is 4.79 Å². The second-order valence-corrected chi connectivity index (χ2v) is 6.56. The number of hydrogen-bond acceptors (Lipinski definition) is 9. The normalized spacial score (nSPS) is 11.7. The zero-order valence-corrected chi connectivity index (χ0v) is 16.3. The van der Waals surface area contributed by atoms with E-state index in [1.807, 2.05) is 0 Å². The van der Waals surface area contributed by atoms with Crippen LogP contribution in [-0.2, 0) is 0 Å². The molecule has 0 aromatic carbocycles. The van der Waals surface area contributed by atoms with Gasteiger partial charge in [0.15, 0.2) is 5.16 Å². The van der Waals surface area contributed by atoms with Crippen molar-refractivity contribution >= 4 is 29.5 Å². The second kappa shape index (κ2) is 8.76. The molecule has 0 radical (unpaired) electrons. The van der Waals surface area contributed by atoms with Crippen molar-refractivity contribution in [3.8, 4) is 17.3 Å². The molecule has 3 rings (SSSR count). The molecule has 0 aliphatic rings. The third-order valence-electron chi connectivity index (χ3n) is 3.41. The van der Waals surface area contributed by atoms with Gasteiger partial charge in [0.05, 0.1) is 23.6 Å². The highest BCUT2D eigenvalue weighted by atomic mass is 35.5. The Bertz CT molecular complexity index is 1050. The van der Waals surface area contributed by atoms with Crippen LogP contribution in [0.1, 0.15) is 18.8 Å². The predicted molar refractivity (Wildman–Crippen MR) is 102 cm³/mol. The Morgan fingerprint density at radius 1 is 1.32 bits per heavy atom. The summed E-state index contributed by atoms with van der Waals surface area (Å²) in [6.45, 7) is 1.64. The molecule has 0 saturated heterocycles. The molecule has 0 spiro atoms. The summed E-state index contributed by atoms with van der Waals surface area (Å²) in [5.74, 6) is 0.165. The zero-order valence-electron chi connectivity index (χ0n) is 14.7. The van der Waals surface area contributed by atoms with E-state index in [1.54, 1.807) is 19.2 Å². The predicted octanol–water partition coefficient (Wildman–Crippen LogP) is 2.24. The van der Waals surface area contributed by atoms with E-state index in [0.717, 1.165) is 0 Å². The Kier molecular flexibility index (Phi) is 6.16. The summed E-state index contributed by atoms with van der Waals surface area (Å²) in [5.41, 5.74) is 0.449. The van der Waals surface area contributed by atoms with Crippen LogP contribution in [0.25, 0.3) is 11.4 Å². The molecule has 3 aromatic heterocycles. The standard InChI is InChI=1S/C16H14ClN7O3S/c1-8(21-16(26)27-14-9(17)6-19-15(24-14)28-2)13-22-11(5-12(25)23-13)10-3-4-18-7-20-10/h3-8H,1-2H3,(H,21,26)(H,22,23,25). The summed E-state index contributed by atoms with van der Waals surface area (Å²) < 4.78 is 5.14. The Labute approximate surface area is 168 Å². The number of aromatic amines is 1. The molecule has 0 aliphatic heterocycles. The van der Waals surface area contributed by atoms with Crippen LogP contribution in [0, 0.1) is 0 Å². The first-order chi connectivity index (χ1) is 13.5. The van der Waals surface area contributed by atoms with Gasteiger partial charge in [0.2, 0.25) is 5.88 Å². The average molecular weight is 420 g/mol. The lowest BCUT2D eigenvalue weighted by Gasteiger charge is -2.14. The molecule has 144 valence electrons. The molecule has 0 aliphatic carbocycles. The van der Waals surface area contributed by atoms with E-state index in [-0.39, 0.29) is 22.3 Å². The van der Waals surface area contributed by atoms with Crippen molar-refractivity contribution in [2.45, 2.75) is 18.1 Å². The molecule has 0 bridgehead atoms. The number of carbonyl (C=O) groups is 1. The fraction of sp³-hybridized carbons (Fsp3) is 0.188. The molecule has 12 heteroatoms. The van der Waals surface area contributed by atoms with E-state index in [1.165, 1.54) is 36.5 Å². The number of amides is 1. The van der Waals surface area contributed by atoms with Crippen LogP contribution < -0.4 is 15.6 Å². The van der Waals surface area contributed by atoms with E-state index in [2.05, 4.69) is 35.2 Å². The van der Waals surface area contributed by atoms with E-state index in [9.17, 15) is 9.59 Å². The monoisotopic (exact) mass is 419 g/mol. The molecule has 0 fully saturated rings. The smallest absolute Gasteiger partial charge is 0.389 e. The number of aromatic nitrogens is 6. The topological polar surface area (TPSA) is 136 Å². The molecule has 3 aromatic rings. The van der Waals surface area contributed by atoms with Gasteiger partial charge in [-0.05, 0) is 19.2 Å². The highest BCUT2D eigenvalue weighted by molar-refractivity contribution is 7.98. The van der Waals surface area contributed by atoms with Crippen LogP contribution in [0.2, 0.25) is 5.02 Å². The Morgan fingerprint density at radius 3 is 2.86 bits per heavy atom. The van der Waals surface area contributed by atoms with Crippen LogP contribution in [0.3, 0.4) is 0 Å². The molecular formula is C16H14ClN7O3S. The number of H-pyrrole nitrogens is 1. The van der Waals surface area contributed by atoms with Gasteiger partial charge in [-0.25, -0.2) is 24.7 Å². The number of rotatable bonds is 5. The van der Waals surface area contributed by atoms with E-state index < -0.39 is 12.1 Å². The van der Waals surface area contributed by atoms with Crippen LogP contribution in [-0.4, -0.2) is 42.3 Å². The molecule has 2 N–H and O–H groups in total. The zero-order chi connectivity index (χ0) is 20.1. The lowest BCUT2D eigenvalue weighted by atomic mass is 10.2. The maximum atomic E-state index is 12.2. The molecule has 1 unspecified atom stereocenters. The number of ether oxygens (including phenoxy) is 1. The summed E-state index contributed by atoms with van der Waals surface area (Å²) in [6, 6.07) is 2.27. The van der Waals surface area contributed by atoms with Crippen molar-refractivity contribution in [1.82, 2.24) is 35.2 Å². The minimum Gasteiger partial charge on any atom is -0.389 e. The largest absolute Gasteiger partial charge is 0.414 e. The molecule has 3 heterocycles. The third-order valence-corrected chi connectivity index (χ3v) is 4.23. The van der Waals surface area contributed by atoms with Crippen molar-refractivity contribution < 1.29 is 9.53 Å². The van der Waals surface area contributed by atoms with Gasteiger partial charge in [0, 0.05) is 12.3 Å². The third kappa shape index (κ3) is 4.81. The second-order valence-electron chi connectivity index (χ2n) is 5.38. The number of nitrogens with zero attached hydrogens (tertiary/aromatic N) is 5. The summed E-state index contributed by atoms with van der Waals surface area (Å²) in [6.07, 6.45) is 5.21. The molecule has 1 amide bonds. The van der Waals surface area contributed by atoms with E-state index >= 15 is 0 Å². The molecule has 28 heavy (non-hydrogen) atoms. The van der Waals surface area contributed by atoms with Crippen molar-refractivity contribution in [3.63, 3.8) is 0 Å².